The van der Waals surface area contributed by atoms with Gasteiger partial charge in [0, 0.05) is 73.5 Å². The van der Waals surface area contributed by atoms with Crippen LogP contribution in [0.3, 0.4) is 0 Å². The lowest BCUT2D eigenvalue weighted by molar-refractivity contribution is -0.141. The lowest BCUT2D eigenvalue weighted by atomic mass is 9.82. The molecular formula is C40H47F3N6O7S. The number of rotatable bonds is 20. The Kier molecular flexibility index (Phi) is 15.9. The summed E-state index contributed by atoms with van der Waals surface area (Å²) in [7, 11) is 0. The third-order valence-corrected chi connectivity index (χ3v) is 9.94. The molecule has 2 aromatic carbocycles. The number of imide groups is 1. The quantitative estimate of drug-likeness (QED) is 0.0943. The monoisotopic (exact) mass is 812 g/mol. The standard InChI is InChI=1S/C40H47F3N6O7S/c1-40(2,3)38(32-19-27(30-20-28(42)9-10-31(30)43)23-47(32)22-26-7-5-4-6-8-26)48(17-13-29(21-41)46-39(55)56)37(54)25-57-18-14-33(50)44-15-16-45-34(51)24-49-35(52)11-12-36(49)53/h4-12,19-20,23,29,38,46H,13-18,21-22,24-25H2,1-3H3,(H,44,50)(H,45,51)(H,55,56). The third kappa shape index (κ3) is 13.0. The number of halogens is 3. The van der Waals surface area contributed by atoms with E-state index in [1.807, 2.05) is 55.7 Å². The van der Waals surface area contributed by atoms with Crippen molar-refractivity contribution < 1.29 is 47.0 Å². The maximum atomic E-state index is 15.1. The first-order valence-corrected chi connectivity index (χ1v) is 19.4. The van der Waals surface area contributed by atoms with Crippen LogP contribution in [0.2, 0.25) is 0 Å². The Labute approximate surface area is 333 Å². The molecule has 0 fully saturated rings. The normalized spacial score (nSPS) is 13.7. The molecule has 4 rings (SSSR count). The van der Waals surface area contributed by atoms with E-state index in [4.69, 9.17) is 0 Å². The number of carbonyl (C=O) groups excluding carboxylic acids is 5. The van der Waals surface area contributed by atoms with E-state index in [-0.39, 0.29) is 61.4 Å². The second-order valence-electron chi connectivity index (χ2n) is 14.4. The van der Waals surface area contributed by atoms with Gasteiger partial charge in [-0.1, -0.05) is 51.1 Å². The van der Waals surface area contributed by atoms with Crippen molar-refractivity contribution in [3.05, 3.63) is 95.8 Å². The van der Waals surface area contributed by atoms with Gasteiger partial charge in [-0.25, -0.2) is 18.0 Å². The molecule has 3 aromatic rings. The Balaban J connectivity index is 1.50. The fourth-order valence-corrected chi connectivity index (χ4v) is 7.17. The van der Waals surface area contributed by atoms with Gasteiger partial charge in [0.1, 0.15) is 24.9 Å². The molecule has 4 N–H and O–H groups in total. The van der Waals surface area contributed by atoms with Gasteiger partial charge in [0.05, 0.1) is 17.8 Å². The van der Waals surface area contributed by atoms with Gasteiger partial charge >= 0.3 is 6.09 Å². The number of nitrogens with one attached hydrogen (secondary N) is 3. The van der Waals surface area contributed by atoms with Gasteiger partial charge in [0.2, 0.25) is 17.7 Å². The fourth-order valence-electron chi connectivity index (χ4n) is 6.35. The number of alkyl halides is 1. The van der Waals surface area contributed by atoms with Gasteiger partial charge < -0.3 is 30.5 Å². The number of hydrogen-bond donors (Lipinski definition) is 4. The average Bonchev–Trinajstić information content (AvgIpc) is 3.70. The molecule has 0 saturated carbocycles. The van der Waals surface area contributed by atoms with E-state index in [0.717, 1.165) is 40.8 Å². The highest BCUT2D eigenvalue weighted by Gasteiger charge is 2.37. The first-order valence-electron chi connectivity index (χ1n) is 18.3. The summed E-state index contributed by atoms with van der Waals surface area (Å²) in [6.07, 6.45) is 2.41. The van der Waals surface area contributed by atoms with E-state index in [9.17, 15) is 42.7 Å². The molecule has 0 saturated heterocycles. The van der Waals surface area contributed by atoms with E-state index in [1.165, 1.54) is 11.8 Å². The minimum atomic E-state index is -1.41. The van der Waals surface area contributed by atoms with Crippen molar-refractivity contribution in [1.29, 1.82) is 0 Å². The Morgan fingerprint density at radius 3 is 2.23 bits per heavy atom. The van der Waals surface area contributed by atoms with Crippen molar-refractivity contribution in [1.82, 2.24) is 30.3 Å². The minimum Gasteiger partial charge on any atom is -0.465 e. The lowest BCUT2D eigenvalue weighted by Crippen LogP contribution is -2.46. The minimum absolute atomic E-state index is 0.0283. The predicted molar refractivity (Wildman–Crippen MR) is 209 cm³/mol. The van der Waals surface area contributed by atoms with Gasteiger partial charge in [-0.2, -0.15) is 11.8 Å². The van der Waals surface area contributed by atoms with E-state index < -0.39 is 66.2 Å². The number of thioether (sulfide) groups is 1. The van der Waals surface area contributed by atoms with Crippen LogP contribution >= 0.6 is 11.8 Å². The highest BCUT2D eigenvalue weighted by atomic mass is 32.2. The van der Waals surface area contributed by atoms with E-state index >= 15 is 4.39 Å². The highest BCUT2D eigenvalue weighted by molar-refractivity contribution is 7.99. The van der Waals surface area contributed by atoms with Crippen molar-refractivity contribution in [3.8, 4) is 11.1 Å². The van der Waals surface area contributed by atoms with Gasteiger partial charge in [-0.05, 0) is 41.7 Å². The van der Waals surface area contributed by atoms with E-state index in [0.29, 0.717) is 17.8 Å². The Hall–Kier alpha value is -5.58. The average molecular weight is 813 g/mol. The van der Waals surface area contributed by atoms with Crippen LogP contribution in [0.25, 0.3) is 11.1 Å². The first kappa shape index (κ1) is 44.1. The van der Waals surface area contributed by atoms with E-state index in [2.05, 4.69) is 16.0 Å². The summed E-state index contributed by atoms with van der Waals surface area (Å²) < 4.78 is 45.4. The number of aromatic nitrogens is 1. The molecular weight excluding hydrogens is 766 g/mol. The number of carbonyl (C=O) groups is 6. The molecule has 0 radical (unpaired) electrons. The largest absolute Gasteiger partial charge is 0.465 e. The lowest BCUT2D eigenvalue weighted by Gasteiger charge is -2.41. The molecule has 1 aliphatic rings. The molecule has 17 heteroatoms. The summed E-state index contributed by atoms with van der Waals surface area (Å²) in [6, 6.07) is 12.5. The van der Waals surface area contributed by atoms with Crippen LogP contribution in [0, 0.1) is 17.0 Å². The second-order valence-corrected chi connectivity index (χ2v) is 15.5. The molecule has 0 spiro atoms. The van der Waals surface area contributed by atoms with Gasteiger partial charge in [0.15, 0.2) is 0 Å². The van der Waals surface area contributed by atoms with Crippen LogP contribution in [-0.4, -0.2) is 106 Å². The molecule has 1 aliphatic heterocycles. The zero-order chi connectivity index (χ0) is 41.7. The summed E-state index contributed by atoms with van der Waals surface area (Å²) in [5, 5.41) is 16.6. The maximum Gasteiger partial charge on any atom is 0.404 e. The molecule has 2 heterocycles. The Bertz CT molecular complexity index is 1930. The zero-order valence-corrected chi connectivity index (χ0v) is 32.8. The van der Waals surface area contributed by atoms with Crippen molar-refractivity contribution in [2.45, 2.75) is 52.2 Å². The van der Waals surface area contributed by atoms with Crippen molar-refractivity contribution >= 4 is 47.4 Å². The topological polar surface area (TPSA) is 170 Å². The summed E-state index contributed by atoms with van der Waals surface area (Å²) >= 11 is 1.19. The third-order valence-electron chi connectivity index (χ3n) is 9.00. The van der Waals surface area contributed by atoms with Crippen molar-refractivity contribution in [2.75, 3.05) is 44.4 Å². The molecule has 1 aromatic heterocycles. The number of carboxylic acid groups (broad SMARTS) is 1. The van der Waals surface area contributed by atoms with Crippen molar-refractivity contribution in [3.63, 3.8) is 0 Å². The number of benzene rings is 2. The van der Waals surface area contributed by atoms with Crippen molar-refractivity contribution in [2.24, 2.45) is 5.41 Å². The number of nitrogens with zero attached hydrogens (tertiary/aromatic N) is 3. The van der Waals surface area contributed by atoms with Crippen LogP contribution in [0.5, 0.6) is 0 Å². The number of amides is 6. The maximum absolute atomic E-state index is 15.1. The molecule has 0 aliphatic carbocycles. The molecule has 2 unspecified atom stereocenters. The molecule has 57 heavy (non-hydrogen) atoms. The molecule has 306 valence electrons. The zero-order valence-electron chi connectivity index (χ0n) is 31.9. The van der Waals surface area contributed by atoms with E-state index in [1.54, 1.807) is 17.2 Å². The molecule has 6 amide bonds. The van der Waals surface area contributed by atoms with Gasteiger partial charge in [0.25, 0.3) is 11.8 Å². The van der Waals surface area contributed by atoms with Crippen LogP contribution in [0.15, 0.2) is 72.9 Å². The second kappa shape index (κ2) is 20.5. The van der Waals surface area contributed by atoms with Crippen LogP contribution < -0.4 is 16.0 Å². The molecule has 2 atom stereocenters. The summed E-state index contributed by atoms with van der Waals surface area (Å²) in [5.41, 5.74) is 1.21. The Morgan fingerprint density at radius 1 is 0.930 bits per heavy atom. The van der Waals surface area contributed by atoms with Crippen LogP contribution in [0.1, 0.15) is 50.9 Å². The molecule has 0 bridgehead atoms. The first-order chi connectivity index (χ1) is 27.1. The summed E-state index contributed by atoms with van der Waals surface area (Å²) in [4.78, 5) is 75.9. The smallest absolute Gasteiger partial charge is 0.404 e. The van der Waals surface area contributed by atoms with Gasteiger partial charge in [-0.15, -0.1) is 0 Å². The summed E-state index contributed by atoms with van der Waals surface area (Å²) in [6.45, 7) is 4.67. The predicted octanol–water partition coefficient (Wildman–Crippen LogP) is 4.67. The summed E-state index contributed by atoms with van der Waals surface area (Å²) in [5.74, 6) is -3.56. The Morgan fingerprint density at radius 2 is 1.60 bits per heavy atom. The SMILES string of the molecule is CC(C)(C)C(c1cc(-c2cc(F)ccc2F)cn1Cc1ccccc1)N(CCC(CF)NC(=O)O)C(=O)CSCCC(=O)NCCNC(=O)CN1C(=O)C=CC1=O. The highest BCUT2D eigenvalue weighted by Crippen LogP contribution is 2.41. The number of hydrogen-bond acceptors (Lipinski definition) is 7. The van der Waals surface area contributed by atoms with Gasteiger partial charge in [-0.3, -0.25) is 28.9 Å². The van der Waals surface area contributed by atoms with Crippen LogP contribution in [0.4, 0.5) is 18.0 Å². The molecule has 13 nitrogen and oxygen atoms in total. The van der Waals surface area contributed by atoms with Crippen LogP contribution in [-0.2, 0) is 30.5 Å². The fraction of sp³-hybridized carbons (Fsp3) is 0.400.